The van der Waals surface area contributed by atoms with Gasteiger partial charge < -0.3 is 10.2 Å². The minimum absolute atomic E-state index is 0.0565. The van der Waals surface area contributed by atoms with Crippen LogP contribution in [0.2, 0.25) is 0 Å². The van der Waals surface area contributed by atoms with Crippen molar-refractivity contribution in [2.24, 2.45) is 5.92 Å². The third kappa shape index (κ3) is 5.02. The van der Waals surface area contributed by atoms with Crippen LogP contribution in [0.3, 0.4) is 0 Å². The molecular formula is C26H28N4O2. The van der Waals surface area contributed by atoms with Gasteiger partial charge in [-0.15, -0.1) is 0 Å². The summed E-state index contributed by atoms with van der Waals surface area (Å²) in [5.74, 6) is 0.129. The second kappa shape index (κ2) is 9.30. The molecule has 0 aliphatic carbocycles. The van der Waals surface area contributed by atoms with Gasteiger partial charge in [0.15, 0.2) is 0 Å². The van der Waals surface area contributed by atoms with E-state index >= 15 is 0 Å². The Morgan fingerprint density at radius 1 is 0.969 bits per heavy atom. The first-order valence-corrected chi connectivity index (χ1v) is 11.0. The largest absolute Gasteiger partial charge is 0.337 e. The Morgan fingerprint density at radius 3 is 2.47 bits per heavy atom. The number of anilines is 1. The van der Waals surface area contributed by atoms with Crippen LogP contribution < -0.4 is 5.32 Å². The van der Waals surface area contributed by atoms with Crippen LogP contribution in [0.1, 0.15) is 40.4 Å². The molecule has 1 aromatic heterocycles. The van der Waals surface area contributed by atoms with E-state index in [1.807, 2.05) is 37.3 Å². The van der Waals surface area contributed by atoms with Gasteiger partial charge in [-0.25, -0.2) is 9.97 Å². The lowest BCUT2D eigenvalue weighted by atomic mass is 9.96. The van der Waals surface area contributed by atoms with Crippen molar-refractivity contribution in [1.82, 2.24) is 14.9 Å². The summed E-state index contributed by atoms with van der Waals surface area (Å²) in [5, 5.41) is 3.05. The van der Waals surface area contributed by atoms with Crippen molar-refractivity contribution >= 4 is 17.5 Å². The molecule has 0 bridgehead atoms. The zero-order chi connectivity index (χ0) is 22.7. The lowest BCUT2D eigenvalue weighted by Gasteiger charge is -2.32. The molecule has 2 heterocycles. The highest BCUT2D eigenvalue weighted by molar-refractivity contribution is 5.95. The third-order valence-corrected chi connectivity index (χ3v) is 5.75. The fraction of sp³-hybridized carbons (Fsp3) is 0.308. The zero-order valence-electron chi connectivity index (χ0n) is 18.8. The molecule has 6 nitrogen and oxygen atoms in total. The Balaban J connectivity index is 1.45. The molecule has 1 aliphatic rings. The van der Waals surface area contributed by atoms with Crippen molar-refractivity contribution in [1.29, 1.82) is 0 Å². The molecule has 0 saturated carbocycles. The molecule has 0 spiro atoms. The van der Waals surface area contributed by atoms with Gasteiger partial charge in [-0.1, -0.05) is 42.0 Å². The molecule has 4 rings (SSSR count). The maximum atomic E-state index is 13.0. The highest BCUT2D eigenvalue weighted by Crippen LogP contribution is 2.25. The maximum Gasteiger partial charge on any atom is 0.272 e. The normalized spacial score (nSPS) is 16.0. The van der Waals surface area contributed by atoms with Gasteiger partial charge in [-0.05, 0) is 62.9 Å². The number of hydrogen-bond acceptors (Lipinski definition) is 4. The van der Waals surface area contributed by atoms with Gasteiger partial charge in [0.2, 0.25) is 5.91 Å². The summed E-state index contributed by atoms with van der Waals surface area (Å²) in [4.78, 5) is 36.2. The summed E-state index contributed by atoms with van der Waals surface area (Å²) in [6.45, 7) is 6.72. The molecule has 2 aromatic carbocycles. The van der Waals surface area contributed by atoms with Crippen molar-refractivity contribution in [2.75, 3.05) is 18.4 Å². The van der Waals surface area contributed by atoms with Gasteiger partial charge in [0.1, 0.15) is 11.5 Å². The Kier molecular flexibility index (Phi) is 6.30. The molecule has 1 aliphatic heterocycles. The first-order valence-electron chi connectivity index (χ1n) is 11.0. The number of nitrogens with zero attached hydrogens (tertiary/aromatic N) is 3. The van der Waals surface area contributed by atoms with Crippen LogP contribution in [0, 0.1) is 26.7 Å². The topological polar surface area (TPSA) is 75.2 Å². The number of benzene rings is 2. The first-order chi connectivity index (χ1) is 15.4. The number of rotatable bonds is 4. The number of nitrogens with one attached hydrogen (secondary N) is 1. The molecule has 1 fully saturated rings. The van der Waals surface area contributed by atoms with Crippen molar-refractivity contribution in [3.05, 3.63) is 77.4 Å². The Bertz CT molecular complexity index is 1140. The van der Waals surface area contributed by atoms with Gasteiger partial charge in [0, 0.05) is 24.5 Å². The fourth-order valence-electron chi connectivity index (χ4n) is 4.21. The molecular weight excluding hydrogens is 400 g/mol. The zero-order valence-corrected chi connectivity index (χ0v) is 18.8. The van der Waals surface area contributed by atoms with Crippen LogP contribution in [0.15, 0.2) is 54.6 Å². The van der Waals surface area contributed by atoms with Gasteiger partial charge in [-0.3, -0.25) is 9.59 Å². The van der Waals surface area contributed by atoms with E-state index in [1.54, 1.807) is 17.9 Å². The molecule has 0 radical (unpaired) electrons. The van der Waals surface area contributed by atoms with Gasteiger partial charge >= 0.3 is 0 Å². The average molecular weight is 429 g/mol. The Labute approximate surface area is 188 Å². The minimum Gasteiger partial charge on any atom is -0.337 e. The molecule has 3 aromatic rings. The summed E-state index contributed by atoms with van der Waals surface area (Å²) >= 11 is 0. The van der Waals surface area contributed by atoms with Crippen LogP contribution in [0.5, 0.6) is 0 Å². The van der Waals surface area contributed by atoms with Crippen LogP contribution in [0.25, 0.3) is 11.1 Å². The molecule has 1 saturated heterocycles. The van der Waals surface area contributed by atoms with Crippen molar-refractivity contribution < 1.29 is 9.59 Å². The second-order valence-corrected chi connectivity index (χ2v) is 8.47. The van der Waals surface area contributed by atoms with E-state index in [0.29, 0.717) is 24.6 Å². The molecule has 1 atom stereocenters. The first kappa shape index (κ1) is 21.7. The number of amides is 2. The minimum atomic E-state index is -0.251. The number of carbonyl (C=O) groups is 2. The van der Waals surface area contributed by atoms with Crippen LogP contribution in [-0.2, 0) is 4.79 Å². The van der Waals surface area contributed by atoms with Crippen molar-refractivity contribution in [3.63, 3.8) is 0 Å². The fourth-order valence-corrected chi connectivity index (χ4v) is 4.21. The predicted octanol–water partition coefficient (Wildman–Crippen LogP) is 4.56. The average Bonchev–Trinajstić information content (AvgIpc) is 2.78. The summed E-state index contributed by atoms with van der Waals surface area (Å²) in [7, 11) is 0. The van der Waals surface area contributed by atoms with E-state index in [-0.39, 0.29) is 17.7 Å². The summed E-state index contributed by atoms with van der Waals surface area (Å²) < 4.78 is 0. The molecule has 1 unspecified atom stereocenters. The number of piperidine rings is 1. The van der Waals surface area contributed by atoms with Crippen LogP contribution in [-0.4, -0.2) is 39.8 Å². The molecule has 1 N–H and O–H groups in total. The highest BCUT2D eigenvalue weighted by Gasteiger charge is 2.29. The van der Waals surface area contributed by atoms with E-state index in [9.17, 15) is 9.59 Å². The standard InChI is InChI=1S/C26H28N4O2/c1-17-7-4-8-20(13-17)21-9-5-11-23(15-21)29-25(31)22-10-6-12-30(16-22)26(32)24-14-18(2)27-19(3)28-24/h4-5,7-9,11,13-15,22H,6,10,12,16H2,1-3H3,(H,29,31). The number of aryl methyl sites for hydroxylation is 3. The number of hydrogen-bond donors (Lipinski definition) is 1. The third-order valence-electron chi connectivity index (χ3n) is 5.75. The van der Waals surface area contributed by atoms with Gasteiger partial charge in [0.25, 0.3) is 5.91 Å². The predicted molar refractivity (Wildman–Crippen MR) is 125 cm³/mol. The monoisotopic (exact) mass is 428 g/mol. The highest BCUT2D eigenvalue weighted by atomic mass is 16.2. The quantitative estimate of drug-likeness (QED) is 0.661. The summed E-state index contributed by atoms with van der Waals surface area (Å²) in [6.07, 6.45) is 1.55. The summed E-state index contributed by atoms with van der Waals surface area (Å²) in [5.41, 5.74) is 5.28. The number of carbonyl (C=O) groups excluding carboxylic acids is 2. The lowest BCUT2D eigenvalue weighted by molar-refractivity contribution is -0.121. The maximum absolute atomic E-state index is 13.0. The van der Waals surface area contributed by atoms with Crippen molar-refractivity contribution in [2.45, 2.75) is 33.6 Å². The Hall–Kier alpha value is -3.54. The van der Waals surface area contributed by atoms with Gasteiger partial charge in [0.05, 0.1) is 5.92 Å². The second-order valence-electron chi connectivity index (χ2n) is 8.47. The summed E-state index contributed by atoms with van der Waals surface area (Å²) in [6, 6.07) is 17.9. The van der Waals surface area contributed by atoms with Gasteiger partial charge in [-0.2, -0.15) is 0 Å². The van der Waals surface area contributed by atoms with E-state index < -0.39 is 0 Å². The van der Waals surface area contributed by atoms with Crippen molar-refractivity contribution in [3.8, 4) is 11.1 Å². The van der Waals surface area contributed by atoms with E-state index in [1.165, 1.54) is 5.56 Å². The molecule has 6 heteroatoms. The molecule has 164 valence electrons. The van der Waals surface area contributed by atoms with E-state index in [2.05, 4.69) is 40.4 Å². The number of aromatic nitrogens is 2. The van der Waals surface area contributed by atoms with Crippen LogP contribution in [0.4, 0.5) is 5.69 Å². The van der Waals surface area contributed by atoms with E-state index in [0.717, 1.165) is 35.3 Å². The number of likely N-dealkylation sites (tertiary alicyclic amines) is 1. The smallest absolute Gasteiger partial charge is 0.272 e. The SMILES string of the molecule is Cc1cccc(-c2cccc(NC(=O)C3CCCN(C(=O)c4cc(C)nc(C)n4)C3)c2)c1. The molecule has 2 amide bonds. The lowest BCUT2D eigenvalue weighted by Crippen LogP contribution is -2.44. The Morgan fingerprint density at radius 2 is 1.72 bits per heavy atom. The molecule has 32 heavy (non-hydrogen) atoms. The van der Waals surface area contributed by atoms with E-state index in [4.69, 9.17) is 0 Å². The van der Waals surface area contributed by atoms with Crippen LogP contribution >= 0.6 is 0 Å².